The number of rotatable bonds is 5. The van der Waals surface area contributed by atoms with E-state index in [1.807, 2.05) is 6.92 Å². The van der Waals surface area contributed by atoms with Crippen LogP contribution < -0.4 is 15.5 Å². The minimum absolute atomic E-state index is 0. The van der Waals surface area contributed by atoms with Crippen molar-refractivity contribution in [1.29, 1.82) is 0 Å². The van der Waals surface area contributed by atoms with Crippen LogP contribution in [0.2, 0.25) is 5.02 Å². The molecule has 0 radical (unpaired) electrons. The zero-order valence-corrected chi connectivity index (χ0v) is 18.0. The van der Waals surface area contributed by atoms with Crippen LogP contribution in [-0.2, 0) is 14.6 Å². The van der Waals surface area contributed by atoms with Gasteiger partial charge in [0, 0.05) is 11.6 Å². The van der Waals surface area contributed by atoms with Crippen LogP contribution in [0.25, 0.3) is 0 Å². The first kappa shape index (κ1) is 23.4. The fraction of sp³-hybridized carbons (Fsp3) is 0.316. The van der Waals surface area contributed by atoms with Gasteiger partial charge in [0.15, 0.2) is 9.84 Å². The van der Waals surface area contributed by atoms with Gasteiger partial charge in [-0.15, -0.1) is 12.4 Å². The summed E-state index contributed by atoms with van der Waals surface area (Å²) >= 11 is 6.00. The number of hydrogen-bond donors (Lipinski definition) is 3. The smallest absolute Gasteiger partial charge is 0.249 e. The second-order valence-corrected chi connectivity index (χ2v) is 9.22. The van der Waals surface area contributed by atoms with Crippen LogP contribution in [-0.4, -0.2) is 37.9 Å². The quantitative estimate of drug-likeness (QED) is 0.467. The van der Waals surface area contributed by atoms with Crippen molar-refractivity contribution in [3.63, 3.8) is 0 Å². The summed E-state index contributed by atoms with van der Waals surface area (Å²) in [5, 5.41) is 11.6. The summed E-state index contributed by atoms with van der Waals surface area (Å²) < 4.78 is 31.8. The normalized spacial score (nSPS) is 19.1. The standard InChI is InChI=1S/C19H21ClN2O5S.ClH/c1-12-10-14(4-7-17(12)20)27-13-2-5-15(6-3-13)28(25,26)18-8-9-21-11-16(18)19(23)22-24;/h2-7,10,16,18,21,24H,8-9,11H2,1H3,(H,22,23);1H. The predicted molar refractivity (Wildman–Crippen MR) is 112 cm³/mol. The number of sulfone groups is 1. The number of carbonyl (C=O) groups is 1. The molecule has 7 nitrogen and oxygen atoms in total. The molecular formula is C19H22Cl2N2O5S. The first-order chi connectivity index (χ1) is 13.3. The highest BCUT2D eigenvalue weighted by Gasteiger charge is 2.40. The van der Waals surface area contributed by atoms with Gasteiger partial charge in [-0.3, -0.25) is 10.0 Å². The number of halogens is 2. The lowest BCUT2D eigenvalue weighted by atomic mass is 9.98. The lowest BCUT2D eigenvalue weighted by molar-refractivity contribution is -0.133. The Balaban J connectivity index is 0.00000300. The van der Waals surface area contributed by atoms with Gasteiger partial charge in [-0.1, -0.05) is 11.6 Å². The van der Waals surface area contributed by atoms with E-state index in [1.54, 1.807) is 35.8 Å². The molecule has 1 saturated heterocycles. The predicted octanol–water partition coefficient (Wildman–Crippen LogP) is 3.12. The van der Waals surface area contributed by atoms with Gasteiger partial charge < -0.3 is 10.1 Å². The van der Waals surface area contributed by atoms with Gasteiger partial charge in [-0.25, -0.2) is 13.9 Å². The molecule has 2 aromatic rings. The Bertz CT molecular complexity index is 967. The topological polar surface area (TPSA) is 105 Å². The molecule has 0 saturated carbocycles. The fourth-order valence-electron chi connectivity index (χ4n) is 3.24. The van der Waals surface area contributed by atoms with E-state index in [0.29, 0.717) is 23.1 Å². The molecule has 2 aromatic carbocycles. The number of nitrogens with one attached hydrogen (secondary N) is 2. The van der Waals surface area contributed by atoms with Crippen molar-refractivity contribution >= 4 is 39.8 Å². The third-order valence-corrected chi connectivity index (χ3v) is 7.50. The lowest BCUT2D eigenvalue weighted by Crippen LogP contribution is -2.50. The zero-order chi connectivity index (χ0) is 20.3. The summed E-state index contributed by atoms with van der Waals surface area (Å²) in [5.74, 6) is -0.498. The Morgan fingerprint density at radius 1 is 1.21 bits per heavy atom. The number of ether oxygens (including phenoxy) is 1. The molecule has 1 heterocycles. The summed E-state index contributed by atoms with van der Waals surface area (Å²) in [5.41, 5.74) is 2.43. The fourth-order valence-corrected chi connectivity index (χ4v) is 5.30. The van der Waals surface area contributed by atoms with Crippen LogP contribution in [0.1, 0.15) is 12.0 Å². The van der Waals surface area contributed by atoms with E-state index < -0.39 is 26.9 Å². The number of amides is 1. The minimum Gasteiger partial charge on any atom is -0.457 e. The second kappa shape index (κ2) is 9.77. The van der Waals surface area contributed by atoms with E-state index in [0.717, 1.165) is 5.56 Å². The number of piperidine rings is 1. The van der Waals surface area contributed by atoms with Crippen LogP contribution in [0.15, 0.2) is 47.4 Å². The molecule has 3 rings (SSSR count). The van der Waals surface area contributed by atoms with Gasteiger partial charge in [-0.05, 0) is 67.9 Å². The van der Waals surface area contributed by atoms with Gasteiger partial charge in [-0.2, -0.15) is 0 Å². The largest absolute Gasteiger partial charge is 0.457 e. The number of hydroxylamine groups is 1. The first-order valence-electron chi connectivity index (χ1n) is 8.75. The summed E-state index contributed by atoms with van der Waals surface area (Å²) in [6.45, 7) is 2.53. The lowest BCUT2D eigenvalue weighted by Gasteiger charge is -2.30. The number of aryl methyl sites for hydroxylation is 1. The molecule has 2 unspecified atom stereocenters. The van der Waals surface area contributed by atoms with Crippen LogP contribution in [0.5, 0.6) is 11.5 Å². The molecule has 1 amide bonds. The number of benzene rings is 2. The maximum atomic E-state index is 13.0. The molecule has 0 spiro atoms. The molecule has 0 bridgehead atoms. The van der Waals surface area contributed by atoms with Crippen molar-refractivity contribution in [1.82, 2.24) is 10.8 Å². The van der Waals surface area contributed by atoms with E-state index in [-0.39, 0.29) is 30.3 Å². The second-order valence-electron chi connectivity index (χ2n) is 6.64. The summed E-state index contributed by atoms with van der Waals surface area (Å²) in [7, 11) is -3.75. The Kier molecular flexibility index (Phi) is 7.90. The van der Waals surface area contributed by atoms with Gasteiger partial charge in [0.05, 0.1) is 16.1 Å². The van der Waals surface area contributed by atoms with Crippen LogP contribution >= 0.6 is 24.0 Å². The van der Waals surface area contributed by atoms with Crippen molar-refractivity contribution in [3.05, 3.63) is 53.1 Å². The molecule has 1 aliphatic rings. The molecule has 158 valence electrons. The summed E-state index contributed by atoms with van der Waals surface area (Å²) in [6.07, 6.45) is 0.280. The third kappa shape index (κ3) is 5.21. The monoisotopic (exact) mass is 460 g/mol. The Labute approximate surface area is 180 Å². The van der Waals surface area contributed by atoms with Crippen molar-refractivity contribution < 1.29 is 23.2 Å². The van der Waals surface area contributed by atoms with E-state index >= 15 is 0 Å². The van der Waals surface area contributed by atoms with Gasteiger partial charge in [0.25, 0.3) is 0 Å². The maximum Gasteiger partial charge on any atom is 0.249 e. The van der Waals surface area contributed by atoms with Crippen molar-refractivity contribution in [3.8, 4) is 11.5 Å². The minimum atomic E-state index is -3.75. The Morgan fingerprint density at radius 3 is 2.48 bits per heavy atom. The first-order valence-corrected chi connectivity index (χ1v) is 10.7. The molecular weight excluding hydrogens is 439 g/mol. The van der Waals surface area contributed by atoms with Crippen molar-refractivity contribution in [2.45, 2.75) is 23.5 Å². The Morgan fingerprint density at radius 2 is 1.86 bits per heavy atom. The molecule has 29 heavy (non-hydrogen) atoms. The highest BCUT2D eigenvalue weighted by Crippen LogP contribution is 2.30. The molecule has 0 aliphatic carbocycles. The summed E-state index contributed by atoms with van der Waals surface area (Å²) in [6, 6.07) is 11.3. The maximum absolute atomic E-state index is 13.0. The zero-order valence-electron chi connectivity index (χ0n) is 15.6. The molecule has 10 heteroatoms. The number of carbonyl (C=O) groups excluding carboxylic acids is 1. The van der Waals surface area contributed by atoms with E-state index in [2.05, 4.69) is 5.32 Å². The van der Waals surface area contributed by atoms with Gasteiger partial charge in [0.1, 0.15) is 11.5 Å². The van der Waals surface area contributed by atoms with Crippen LogP contribution in [0.4, 0.5) is 0 Å². The average Bonchev–Trinajstić information content (AvgIpc) is 2.70. The highest BCUT2D eigenvalue weighted by atomic mass is 35.5. The Hall–Kier alpha value is -1.84. The molecule has 3 N–H and O–H groups in total. The van der Waals surface area contributed by atoms with Gasteiger partial charge in [0.2, 0.25) is 5.91 Å². The molecule has 2 atom stereocenters. The van der Waals surface area contributed by atoms with Crippen LogP contribution in [0.3, 0.4) is 0 Å². The molecule has 1 fully saturated rings. The molecule has 0 aromatic heterocycles. The highest BCUT2D eigenvalue weighted by molar-refractivity contribution is 7.92. The average molecular weight is 461 g/mol. The van der Waals surface area contributed by atoms with Crippen molar-refractivity contribution in [2.75, 3.05) is 13.1 Å². The summed E-state index contributed by atoms with van der Waals surface area (Å²) in [4.78, 5) is 12.0. The van der Waals surface area contributed by atoms with E-state index in [4.69, 9.17) is 21.5 Å². The van der Waals surface area contributed by atoms with E-state index in [9.17, 15) is 13.2 Å². The number of hydrogen-bond acceptors (Lipinski definition) is 6. The van der Waals surface area contributed by atoms with Gasteiger partial charge >= 0.3 is 0 Å². The SMILES string of the molecule is Cc1cc(Oc2ccc(S(=O)(=O)C3CCNCC3C(=O)NO)cc2)ccc1Cl.Cl. The van der Waals surface area contributed by atoms with Crippen LogP contribution in [0, 0.1) is 12.8 Å². The molecule has 1 aliphatic heterocycles. The third-order valence-electron chi connectivity index (χ3n) is 4.78. The van der Waals surface area contributed by atoms with E-state index in [1.165, 1.54) is 12.1 Å². The van der Waals surface area contributed by atoms with Crippen molar-refractivity contribution in [2.24, 2.45) is 5.92 Å².